The zero-order valence-corrected chi connectivity index (χ0v) is 13.6. The lowest BCUT2D eigenvalue weighted by Crippen LogP contribution is -2.42. The normalized spacial score (nSPS) is 13.1. The number of rotatable bonds is 11. The van der Waals surface area contributed by atoms with Crippen molar-refractivity contribution in [3.63, 3.8) is 0 Å². The molecule has 0 radical (unpaired) electrons. The molecule has 2 amide bonds. The van der Waals surface area contributed by atoms with Crippen LogP contribution in [0, 0.1) is 5.92 Å². The van der Waals surface area contributed by atoms with Gasteiger partial charge in [0.15, 0.2) is 6.29 Å². The molecule has 0 fully saturated rings. The maximum Gasteiger partial charge on any atom is 0.236 e. The Labute approximate surface area is 131 Å². The minimum atomic E-state index is -0.733. The minimum absolute atomic E-state index is 0.0299. The molecule has 0 spiro atoms. The highest BCUT2D eigenvalue weighted by Crippen LogP contribution is 2.09. The molecule has 126 valence electrons. The molecule has 0 aliphatic heterocycles. The maximum absolute atomic E-state index is 11.9. The minimum Gasteiger partial charge on any atom is -0.346 e. The van der Waals surface area contributed by atoms with Crippen LogP contribution in [0.1, 0.15) is 39.5 Å². The Kier molecular flexibility index (Phi) is 10.0. The van der Waals surface area contributed by atoms with E-state index in [-0.39, 0.29) is 37.0 Å². The van der Waals surface area contributed by atoms with E-state index in [9.17, 15) is 19.2 Å². The van der Waals surface area contributed by atoms with E-state index in [0.717, 1.165) is 0 Å². The van der Waals surface area contributed by atoms with Crippen LogP contribution < -0.4 is 11.1 Å². The van der Waals surface area contributed by atoms with Crippen LogP contribution >= 0.6 is 0 Å². The number of carbonyl (C=O) groups is 4. The van der Waals surface area contributed by atoms with Crippen LogP contribution in [0.4, 0.5) is 0 Å². The first kappa shape index (κ1) is 20.2. The third kappa shape index (κ3) is 7.87. The van der Waals surface area contributed by atoms with Crippen LogP contribution in [0.15, 0.2) is 0 Å². The van der Waals surface area contributed by atoms with E-state index >= 15 is 0 Å². The topological polar surface area (TPSA) is 110 Å². The molecule has 0 aliphatic carbocycles. The molecule has 0 aromatic heterocycles. The number of hydrogen-bond acceptors (Lipinski definition) is 5. The number of likely N-dealkylation sites (N-methyl/N-ethyl adjacent to an activating group) is 1. The van der Waals surface area contributed by atoms with Crippen molar-refractivity contribution < 1.29 is 19.2 Å². The molecule has 0 aromatic rings. The zero-order chi connectivity index (χ0) is 17.1. The molecule has 0 heterocycles. The predicted octanol–water partition coefficient (Wildman–Crippen LogP) is -0.127. The van der Waals surface area contributed by atoms with Gasteiger partial charge in [-0.1, -0.05) is 20.3 Å². The molecule has 0 aliphatic rings. The summed E-state index contributed by atoms with van der Waals surface area (Å²) >= 11 is 0. The van der Waals surface area contributed by atoms with Crippen molar-refractivity contribution in [3.8, 4) is 0 Å². The molecular formula is C15H27N3O4. The summed E-state index contributed by atoms with van der Waals surface area (Å²) in [7, 11) is 1.67. The summed E-state index contributed by atoms with van der Waals surface area (Å²) in [5, 5.41) is 2.60. The number of hydrogen-bond donors (Lipinski definition) is 2. The molecule has 7 heteroatoms. The van der Waals surface area contributed by atoms with Crippen molar-refractivity contribution in [2.45, 2.75) is 45.6 Å². The average Bonchev–Trinajstić information content (AvgIpc) is 2.50. The third-order valence-electron chi connectivity index (χ3n) is 3.46. The van der Waals surface area contributed by atoms with E-state index < -0.39 is 11.8 Å². The van der Waals surface area contributed by atoms with Crippen LogP contribution in [0.2, 0.25) is 0 Å². The highest BCUT2D eigenvalue weighted by Gasteiger charge is 2.20. The van der Waals surface area contributed by atoms with Gasteiger partial charge in [0.05, 0.1) is 12.6 Å². The number of amides is 2. The Balaban J connectivity index is 4.25. The molecule has 0 rings (SSSR count). The fourth-order valence-corrected chi connectivity index (χ4v) is 2.02. The van der Waals surface area contributed by atoms with Crippen LogP contribution in [0.5, 0.6) is 0 Å². The number of ketones is 1. The van der Waals surface area contributed by atoms with Gasteiger partial charge in [0, 0.05) is 20.0 Å². The third-order valence-corrected chi connectivity index (χ3v) is 3.46. The standard InChI is InChI=1S/C15H27N3O4/c1-4-5-12(13(20)10-19)17-14(21)8-11(2)6-7-18(3)15(22)9-16/h10-12H,4-9,16H2,1-3H3,(H,17,21). The van der Waals surface area contributed by atoms with Gasteiger partial charge in [-0.15, -0.1) is 0 Å². The van der Waals surface area contributed by atoms with Crippen molar-refractivity contribution in [3.05, 3.63) is 0 Å². The molecule has 2 unspecified atom stereocenters. The first-order valence-corrected chi connectivity index (χ1v) is 7.58. The number of nitrogens with one attached hydrogen (secondary N) is 1. The molecule has 22 heavy (non-hydrogen) atoms. The summed E-state index contributed by atoms with van der Waals surface area (Å²) in [6, 6.07) is -0.733. The van der Waals surface area contributed by atoms with Gasteiger partial charge >= 0.3 is 0 Å². The van der Waals surface area contributed by atoms with E-state index in [1.165, 1.54) is 4.90 Å². The van der Waals surface area contributed by atoms with Crippen molar-refractivity contribution in [1.29, 1.82) is 0 Å². The molecule has 7 nitrogen and oxygen atoms in total. The van der Waals surface area contributed by atoms with Gasteiger partial charge in [0.2, 0.25) is 17.6 Å². The van der Waals surface area contributed by atoms with Gasteiger partial charge in [-0.25, -0.2) is 0 Å². The van der Waals surface area contributed by atoms with Crippen LogP contribution in [-0.2, 0) is 19.2 Å². The van der Waals surface area contributed by atoms with Gasteiger partial charge < -0.3 is 16.0 Å². The summed E-state index contributed by atoms with van der Waals surface area (Å²) in [6.45, 7) is 4.27. The van der Waals surface area contributed by atoms with Crippen molar-refractivity contribution in [2.24, 2.45) is 11.7 Å². The number of nitrogens with two attached hydrogens (primary N) is 1. The SMILES string of the molecule is CCCC(NC(=O)CC(C)CCN(C)C(=O)CN)C(=O)C=O. The molecule has 0 saturated heterocycles. The van der Waals surface area contributed by atoms with Gasteiger partial charge in [0.1, 0.15) is 0 Å². The Morgan fingerprint density at radius 3 is 2.41 bits per heavy atom. The van der Waals surface area contributed by atoms with E-state index in [4.69, 9.17) is 5.73 Å². The largest absolute Gasteiger partial charge is 0.346 e. The smallest absolute Gasteiger partial charge is 0.236 e. The summed E-state index contributed by atoms with van der Waals surface area (Å²) in [4.78, 5) is 46.7. The van der Waals surface area contributed by atoms with E-state index in [2.05, 4.69) is 5.32 Å². The Morgan fingerprint density at radius 1 is 1.27 bits per heavy atom. The highest BCUT2D eigenvalue weighted by atomic mass is 16.2. The predicted molar refractivity (Wildman–Crippen MR) is 83.0 cm³/mol. The van der Waals surface area contributed by atoms with E-state index in [1.807, 2.05) is 13.8 Å². The summed E-state index contributed by atoms with van der Waals surface area (Å²) in [5.41, 5.74) is 5.27. The van der Waals surface area contributed by atoms with Crippen molar-refractivity contribution in [1.82, 2.24) is 10.2 Å². The summed E-state index contributed by atoms with van der Waals surface area (Å²) in [6.07, 6.45) is 2.31. The fraction of sp³-hybridized carbons (Fsp3) is 0.733. The summed E-state index contributed by atoms with van der Waals surface area (Å²) in [5.74, 6) is -0.942. The Morgan fingerprint density at radius 2 is 1.91 bits per heavy atom. The zero-order valence-electron chi connectivity index (χ0n) is 13.6. The second-order valence-electron chi connectivity index (χ2n) is 5.55. The number of carbonyl (C=O) groups excluding carboxylic acids is 4. The van der Waals surface area contributed by atoms with Crippen molar-refractivity contribution in [2.75, 3.05) is 20.1 Å². The van der Waals surface area contributed by atoms with Gasteiger partial charge in [-0.05, 0) is 18.8 Å². The molecule has 0 aromatic carbocycles. The first-order valence-electron chi connectivity index (χ1n) is 7.58. The second-order valence-corrected chi connectivity index (χ2v) is 5.55. The molecular weight excluding hydrogens is 286 g/mol. The average molecular weight is 313 g/mol. The van der Waals surface area contributed by atoms with Gasteiger partial charge in [-0.3, -0.25) is 19.2 Å². The lowest BCUT2D eigenvalue weighted by Gasteiger charge is -2.20. The Bertz CT molecular complexity index is 398. The number of nitrogens with zero attached hydrogens (tertiary/aromatic N) is 1. The highest BCUT2D eigenvalue weighted by molar-refractivity contribution is 6.27. The van der Waals surface area contributed by atoms with Crippen LogP contribution in [0.3, 0.4) is 0 Å². The maximum atomic E-state index is 11.9. The fourth-order valence-electron chi connectivity index (χ4n) is 2.02. The number of aldehydes is 1. The quantitative estimate of drug-likeness (QED) is 0.408. The molecule has 0 bridgehead atoms. The molecule has 2 atom stereocenters. The lowest BCUT2D eigenvalue weighted by atomic mass is 10.0. The van der Waals surface area contributed by atoms with E-state index in [0.29, 0.717) is 25.8 Å². The second kappa shape index (κ2) is 10.9. The molecule has 0 saturated carbocycles. The van der Waals surface area contributed by atoms with Crippen LogP contribution in [0.25, 0.3) is 0 Å². The Hall–Kier alpha value is -1.76. The van der Waals surface area contributed by atoms with Crippen LogP contribution in [-0.4, -0.2) is 55.0 Å². The van der Waals surface area contributed by atoms with Crippen molar-refractivity contribution >= 4 is 23.9 Å². The van der Waals surface area contributed by atoms with Gasteiger partial charge in [0.25, 0.3) is 0 Å². The first-order chi connectivity index (χ1) is 10.3. The summed E-state index contributed by atoms with van der Waals surface area (Å²) < 4.78 is 0. The number of Topliss-reactive ketones (excluding diaryl/α,β-unsaturated/α-hetero) is 1. The van der Waals surface area contributed by atoms with E-state index in [1.54, 1.807) is 7.05 Å². The van der Waals surface area contributed by atoms with Gasteiger partial charge in [-0.2, -0.15) is 0 Å². The lowest BCUT2D eigenvalue weighted by molar-refractivity contribution is -0.133. The molecule has 3 N–H and O–H groups in total. The monoisotopic (exact) mass is 313 g/mol.